The van der Waals surface area contributed by atoms with Gasteiger partial charge in [-0.2, -0.15) is 0 Å². The molecule has 31 heavy (non-hydrogen) atoms. The molecule has 0 aliphatic rings. The number of anilines is 1. The summed E-state index contributed by atoms with van der Waals surface area (Å²) in [7, 11) is 0.533. The lowest BCUT2D eigenvalue weighted by atomic mass is 10.1. The number of ether oxygens (including phenoxy) is 3. The number of nitrogens with one attached hydrogen (secondary N) is 1. The van der Waals surface area contributed by atoms with Crippen molar-refractivity contribution in [3.63, 3.8) is 0 Å². The predicted octanol–water partition coefficient (Wildman–Crippen LogP) is 2.61. The van der Waals surface area contributed by atoms with Gasteiger partial charge in [-0.1, -0.05) is 6.07 Å². The smallest absolute Gasteiger partial charge is 0.322 e. The topological polar surface area (TPSA) is 128 Å². The summed E-state index contributed by atoms with van der Waals surface area (Å²) in [4.78, 5) is 22.2. The Kier molecular flexibility index (Phi) is 8.03. The highest BCUT2D eigenvalue weighted by Gasteiger charge is 2.14. The summed E-state index contributed by atoms with van der Waals surface area (Å²) in [5, 5.41) is 12.5. The first-order chi connectivity index (χ1) is 14.7. The van der Waals surface area contributed by atoms with Crippen molar-refractivity contribution in [1.29, 1.82) is 0 Å². The first-order valence-electron chi connectivity index (χ1n) is 8.97. The van der Waals surface area contributed by atoms with Crippen LogP contribution in [-0.2, 0) is 20.4 Å². The number of carboxylic acid groups (broad SMARTS) is 1. The third-order valence-corrected chi connectivity index (χ3v) is 5.52. The average Bonchev–Trinajstić information content (AvgIpc) is 2.75. The Morgan fingerprint density at radius 3 is 2.35 bits per heavy atom. The predicted molar refractivity (Wildman–Crippen MR) is 116 cm³/mol. The van der Waals surface area contributed by atoms with Crippen molar-refractivity contribution < 1.29 is 37.3 Å². The highest BCUT2D eigenvalue weighted by atomic mass is 32.2. The third-order valence-electron chi connectivity index (χ3n) is 4.23. The second kappa shape index (κ2) is 10.5. The third kappa shape index (κ3) is 6.48. The van der Waals surface area contributed by atoms with E-state index < -0.39 is 15.8 Å². The second-order valence-electron chi connectivity index (χ2n) is 6.34. The monoisotopic (exact) mass is 449 g/mol. The quantitative estimate of drug-likeness (QED) is 0.497. The number of sulfone groups is 1. The van der Waals surface area contributed by atoms with E-state index in [4.69, 9.17) is 19.3 Å². The van der Waals surface area contributed by atoms with E-state index in [-0.39, 0.29) is 23.6 Å². The first kappa shape index (κ1) is 23.7. The molecule has 0 bridgehead atoms. The van der Waals surface area contributed by atoms with Gasteiger partial charge in [-0.15, -0.1) is 0 Å². The number of aldehydes is 1. The molecule has 0 aromatic heterocycles. The van der Waals surface area contributed by atoms with Crippen LogP contribution >= 0.6 is 0 Å². The zero-order valence-electron chi connectivity index (χ0n) is 17.2. The number of aliphatic carboxylic acids is 1. The van der Waals surface area contributed by atoms with Crippen LogP contribution in [0.15, 0.2) is 35.7 Å². The van der Waals surface area contributed by atoms with Crippen LogP contribution in [0.3, 0.4) is 0 Å². The normalized spacial score (nSPS) is 11.2. The first-order valence-corrected chi connectivity index (χ1v) is 10.7. The fraction of sp³-hybridized carbons (Fsp3) is 0.238. The maximum Gasteiger partial charge on any atom is 0.322 e. The molecular weight excluding hydrogens is 426 g/mol. The van der Waals surface area contributed by atoms with Gasteiger partial charge in [0.25, 0.3) is 0 Å². The molecule has 2 rings (SSSR count). The van der Waals surface area contributed by atoms with E-state index in [1.54, 1.807) is 18.2 Å². The molecule has 9 nitrogen and oxygen atoms in total. The molecule has 2 N–H and O–H groups in total. The Morgan fingerprint density at radius 1 is 1.06 bits per heavy atom. The number of benzene rings is 2. The number of carboxylic acids is 1. The minimum Gasteiger partial charge on any atom is -0.497 e. The summed E-state index contributed by atoms with van der Waals surface area (Å²) in [5.74, 6) is -0.334. The molecule has 0 radical (unpaired) electrons. The molecule has 0 saturated carbocycles. The van der Waals surface area contributed by atoms with E-state index in [0.29, 0.717) is 34.6 Å². The van der Waals surface area contributed by atoms with Crippen LogP contribution in [0.2, 0.25) is 0 Å². The number of methoxy groups -OCH3 is 3. The second-order valence-corrected chi connectivity index (χ2v) is 8.23. The molecule has 0 heterocycles. The van der Waals surface area contributed by atoms with Gasteiger partial charge in [-0.25, -0.2) is 8.42 Å². The number of carbonyl (C=O) groups is 2. The summed E-state index contributed by atoms with van der Waals surface area (Å²) in [6.07, 6.45) is 1.88. The van der Waals surface area contributed by atoms with E-state index >= 15 is 0 Å². The lowest BCUT2D eigenvalue weighted by Gasteiger charge is -2.12. The molecule has 10 heteroatoms. The molecule has 0 fully saturated rings. The lowest BCUT2D eigenvalue weighted by Crippen LogP contribution is -2.13. The molecular formula is C21H23NO8S. The Bertz CT molecular complexity index is 1090. The van der Waals surface area contributed by atoms with Gasteiger partial charge in [-0.3, -0.25) is 9.59 Å². The summed E-state index contributed by atoms with van der Waals surface area (Å²) < 4.78 is 40.8. The van der Waals surface area contributed by atoms with Crippen LogP contribution in [0.25, 0.3) is 6.08 Å². The minimum atomic E-state index is -3.73. The van der Waals surface area contributed by atoms with Crippen molar-refractivity contribution in [2.24, 2.45) is 0 Å². The van der Waals surface area contributed by atoms with Crippen LogP contribution in [0.5, 0.6) is 17.2 Å². The van der Waals surface area contributed by atoms with Crippen LogP contribution in [0.1, 0.15) is 21.5 Å². The molecule has 166 valence electrons. The fourth-order valence-corrected chi connectivity index (χ4v) is 3.87. The molecule has 2 aromatic carbocycles. The van der Waals surface area contributed by atoms with Crippen molar-refractivity contribution >= 4 is 33.9 Å². The van der Waals surface area contributed by atoms with Gasteiger partial charge in [0, 0.05) is 22.6 Å². The molecule has 0 amide bonds. The minimum absolute atomic E-state index is 0.215. The highest BCUT2D eigenvalue weighted by Crippen LogP contribution is 2.30. The SMILES string of the molecule is COc1cc(C=O)c(/C=C/S(=O)(=O)Cc2ccc(OC)c(NCC(=O)O)c2)c(OC)c1. The van der Waals surface area contributed by atoms with E-state index in [9.17, 15) is 18.0 Å². The van der Waals surface area contributed by atoms with Crippen molar-refractivity contribution in [3.8, 4) is 17.2 Å². The Morgan fingerprint density at radius 2 is 1.77 bits per heavy atom. The highest BCUT2D eigenvalue weighted by molar-refractivity contribution is 7.93. The summed E-state index contributed by atoms with van der Waals surface area (Å²) in [6.45, 7) is -0.349. The molecule has 0 saturated heterocycles. The van der Waals surface area contributed by atoms with E-state index in [0.717, 1.165) is 5.41 Å². The van der Waals surface area contributed by atoms with Crippen molar-refractivity contribution in [2.75, 3.05) is 33.2 Å². The maximum absolute atomic E-state index is 12.6. The van der Waals surface area contributed by atoms with Gasteiger partial charge < -0.3 is 24.6 Å². The van der Waals surface area contributed by atoms with Gasteiger partial charge in [0.05, 0.1) is 32.8 Å². The fourth-order valence-electron chi connectivity index (χ4n) is 2.79. The van der Waals surface area contributed by atoms with Gasteiger partial charge in [0.2, 0.25) is 0 Å². The zero-order chi connectivity index (χ0) is 23.0. The van der Waals surface area contributed by atoms with Gasteiger partial charge >= 0.3 is 5.97 Å². The maximum atomic E-state index is 12.6. The van der Waals surface area contributed by atoms with E-state index in [1.165, 1.54) is 39.5 Å². The standard InChI is InChI=1S/C21H23NO8S/c1-28-16-9-15(12-23)17(20(10-16)30-3)6-7-31(26,27)13-14-4-5-19(29-2)18(8-14)22-11-21(24)25/h4-10,12,22H,11,13H2,1-3H3,(H,24,25)/b7-6+. The Hall–Kier alpha value is -3.53. The molecule has 0 unspecified atom stereocenters. The Labute approximate surface area is 180 Å². The number of carbonyl (C=O) groups excluding carboxylic acids is 1. The average molecular weight is 449 g/mol. The summed E-state index contributed by atoms with van der Waals surface area (Å²) >= 11 is 0. The van der Waals surface area contributed by atoms with Crippen molar-refractivity contribution in [1.82, 2.24) is 0 Å². The number of rotatable bonds is 11. The molecule has 0 aliphatic heterocycles. The summed E-state index contributed by atoms with van der Waals surface area (Å²) in [5.41, 5.74) is 1.31. The van der Waals surface area contributed by atoms with Crippen LogP contribution in [-0.4, -0.2) is 53.7 Å². The van der Waals surface area contributed by atoms with E-state index in [2.05, 4.69) is 5.32 Å². The van der Waals surface area contributed by atoms with Crippen LogP contribution in [0.4, 0.5) is 5.69 Å². The zero-order valence-corrected chi connectivity index (χ0v) is 18.1. The molecule has 0 aliphatic carbocycles. The van der Waals surface area contributed by atoms with Crippen LogP contribution < -0.4 is 19.5 Å². The van der Waals surface area contributed by atoms with E-state index in [1.807, 2.05) is 0 Å². The largest absolute Gasteiger partial charge is 0.497 e. The lowest BCUT2D eigenvalue weighted by molar-refractivity contribution is -0.134. The van der Waals surface area contributed by atoms with Gasteiger partial charge in [0.1, 0.15) is 23.8 Å². The van der Waals surface area contributed by atoms with Gasteiger partial charge in [0.15, 0.2) is 16.1 Å². The number of hydrogen-bond donors (Lipinski definition) is 2. The summed E-state index contributed by atoms with van der Waals surface area (Å²) in [6, 6.07) is 7.66. The Balaban J connectivity index is 2.32. The van der Waals surface area contributed by atoms with Crippen molar-refractivity contribution in [3.05, 3.63) is 52.4 Å². The molecule has 2 aromatic rings. The van der Waals surface area contributed by atoms with Crippen LogP contribution in [0, 0.1) is 0 Å². The molecule has 0 atom stereocenters. The van der Waals surface area contributed by atoms with Gasteiger partial charge in [-0.05, 0) is 29.8 Å². The number of hydrogen-bond acceptors (Lipinski definition) is 8. The molecule has 0 spiro atoms. The van der Waals surface area contributed by atoms with Crippen molar-refractivity contribution in [2.45, 2.75) is 5.75 Å².